The van der Waals surface area contributed by atoms with Crippen LogP contribution in [0.3, 0.4) is 0 Å². The minimum atomic E-state index is -3.79. The fourth-order valence-electron chi connectivity index (χ4n) is 1.63. The molecule has 0 unspecified atom stereocenters. The summed E-state index contributed by atoms with van der Waals surface area (Å²) in [6.45, 7) is 10.5. The summed E-state index contributed by atoms with van der Waals surface area (Å²) in [5, 5.41) is 10.7. The SMILES string of the molecule is CC(C)(C)OP(=O)(OCc1ccc(C(=O)[O-])cc1)OC(C)(C)C.[Ag+]. The molecule has 0 atom stereocenters. The van der Waals surface area contributed by atoms with Crippen LogP contribution in [0.4, 0.5) is 0 Å². The standard InChI is InChI=1S/C16H25O6P.Ag/c1-15(2,3)21-23(19,22-16(4,5)6)20-11-12-7-9-13(10-8-12)14(17)18;/h7-10H,11H2,1-6H3,(H,17,18);/q;+1/p-1. The van der Waals surface area contributed by atoms with Crippen molar-refractivity contribution in [1.82, 2.24) is 0 Å². The van der Waals surface area contributed by atoms with Crippen LogP contribution < -0.4 is 5.11 Å². The Morgan fingerprint density at radius 2 is 1.42 bits per heavy atom. The van der Waals surface area contributed by atoms with Crippen molar-refractivity contribution in [3.8, 4) is 0 Å². The molecule has 0 bridgehead atoms. The Kier molecular flexibility index (Phi) is 8.60. The Bertz CT molecular complexity index is 566. The van der Waals surface area contributed by atoms with Crippen molar-refractivity contribution in [3.63, 3.8) is 0 Å². The third-order valence-corrected chi connectivity index (χ3v) is 4.34. The summed E-state index contributed by atoms with van der Waals surface area (Å²) in [7, 11) is -3.79. The average molecular weight is 451 g/mol. The van der Waals surface area contributed by atoms with Gasteiger partial charge < -0.3 is 9.90 Å². The Morgan fingerprint density at radius 3 is 1.75 bits per heavy atom. The molecule has 0 aliphatic heterocycles. The Labute approximate surface area is 159 Å². The van der Waals surface area contributed by atoms with E-state index in [1.54, 1.807) is 53.7 Å². The van der Waals surface area contributed by atoms with Gasteiger partial charge in [0.05, 0.1) is 23.8 Å². The first kappa shape index (κ1) is 23.5. The summed E-state index contributed by atoms with van der Waals surface area (Å²) >= 11 is 0. The summed E-state index contributed by atoms with van der Waals surface area (Å²) < 4.78 is 29.2. The molecule has 0 saturated carbocycles. The van der Waals surface area contributed by atoms with Gasteiger partial charge in [0.25, 0.3) is 0 Å². The molecule has 0 fully saturated rings. The van der Waals surface area contributed by atoms with Gasteiger partial charge in [0.15, 0.2) is 0 Å². The first-order chi connectivity index (χ1) is 10.3. The van der Waals surface area contributed by atoms with Crippen LogP contribution in [0.15, 0.2) is 24.3 Å². The van der Waals surface area contributed by atoms with E-state index in [0.29, 0.717) is 5.56 Å². The number of benzene rings is 1. The van der Waals surface area contributed by atoms with Crippen molar-refractivity contribution >= 4 is 13.8 Å². The number of carboxylic acid groups (broad SMARTS) is 1. The first-order valence-corrected chi connectivity index (χ1v) is 8.72. The first-order valence-electron chi connectivity index (χ1n) is 7.26. The number of rotatable bonds is 6. The Morgan fingerprint density at radius 1 is 1.00 bits per heavy atom. The zero-order valence-corrected chi connectivity index (χ0v) is 17.1. The van der Waals surface area contributed by atoms with E-state index in [2.05, 4.69) is 0 Å². The molecule has 0 aliphatic rings. The molecule has 0 aromatic heterocycles. The third-order valence-electron chi connectivity index (χ3n) is 2.35. The van der Waals surface area contributed by atoms with Gasteiger partial charge in [0.1, 0.15) is 0 Å². The molecule has 0 radical (unpaired) electrons. The molecule has 0 heterocycles. The minimum absolute atomic E-state index is 0. The number of hydrogen-bond donors (Lipinski definition) is 0. The molecular formula is C16H24AgO6P. The van der Waals surface area contributed by atoms with Gasteiger partial charge in [0, 0.05) is 0 Å². The van der Waals surface area contributed by atoms with Crippen molar-refractivity contribution in [2.45, 2.75) is 59.4 Å². The summed E-state index contributed by atoms with van der Waals surface area (Å²) in [5.41, 5.74) is -0.710. The molecule has 24 heavy (non-hydrogen) atoms. The number of hydrogen-bond acceptors (Lipinski definition) is 6. The molecule has 1 aromatic rings. The largest absolute Gasteiger partial charge is 1.00 e. The maximum atomic E-state index is 12.8. The third kappa shape index (κ3) is 9.14. The van der Waals surface area contributed by atoms with E-state index >= 15 is 0 Å². The topological polar surface area (TPSA) is 84.9 Å². The van der Waals surface area contributed by atoms with Crippen LogP contribution >= 0.6 is 7.82 Å². The zero-order chi connectivity index (χ0) is 17.9. The Balaban J connectivity index is 0.00000529. The molecular weight excluding hydrogens is 427 g/mol. The van der Waals surface area contributed by atoms with Crippen LogP contribution in [-0.2, 0) is 47.1 Å². The fourth-order valence-corrected chi connectivity index (χ4v) is 3.42. The van der Waals surface area contributed by atoms with E-state index < -0.39 is 25.0 Å². The van der Waals surface area contributed by atoms with Gasteiger partial charge >= 0.3 is 30.2 Å². The Hall–Kier alpha value is -0.460. The van der Waals surface area contributed by atoms with E-state index in [9.17, 15) is 14.5 Å². The van der Waals surface area contributed by atoms with Gasteiger partial charge in [-0.25, -0.2) is 4.57 Å². The van der Waals surface area contributed by atoms with E-state index in [1.165, 1.54) is 12.1 Å². The maximum Gasteiger partial charge on any atom is 1.00 e. The predicted molar refractivity (Wildman–Crippen MR) is 84.8 cm³/mol. The molecule has 0 aliphatic carbocycles. The van der Waals surface area contributed by atoms with Crippen molar-refractivity contribution in [2.75, 3.05) is 0 Å². The molecule has 1 aromatic carbocycles. The predicted octanol–water partition coefficient (Wildman–Crippen LogP) is 3.30. The summed E-state index contributed by atoms with van der Waals surface area (Å²) in [6.07, 6.45) is 0. The molecule has 0 saturated heterocycles. The van der Waals surface area contributed by atoms with Crippen molar-refractivity contribution in [2.24, 2.45) is 0 Å². The molecule has 6 nitrogen and oxygen atoms in total. The van der Waals surface area contributed by atoms with Gasteiger partial charge in [0.2, 0.25) is 0 Å². The molecule has 0 N–H and O–H groups in total. The van der Waals surface area contributed by atoms with Crippen LogP contribution in [0.2, 0.25) is 0 Å². The second-order valence-electron chi connectivity index (χ2n) is 7.11. The minimum Gasteiger partial charge on any atom is -0.545 e. The fraction of sp³-hybridized carbons (Fsp3) is 0.562. The summed E-state index contributed by atoms with van der Waals surface area (Å²) in [5.74, 6) is -1.25. The van der Waals surface area contributed by atoms with Crippen molar-refractivity contribution in [3.05, 3.63) is 35.4 Å². The van der Waals surface area contributed by atoms with Gasteiger partial charge in [-0.15, -0.1) is 0 Å². The number of aromatic carboxylic acids is 1. The number of phosphoric acid groups is 1. The van der Waals surface area contributed by atoms with Gasteiger partial charge in [-0.2, -0.15) is 0 Å². The second kappa shape index (κ2) is 8.77. The summed E-state index contributed by atoms with van der Waals surface area (Å²) in [6, 6.07) is 5.91. The summed E-state index contributed by atoms with van der Waals surface area (Å²) in [4.78, 5) is 10.7. The zero-order valence-electron chi connectivity index (χ0n) is 14.7. The monoisotopic (exact) mass is 450 g/mol. The van der Waals surface area contributed by atoms with Crippen LogP contribution in [-0.4, -0.2) is 17.2 Å². The van der Waals surface area contributed by atoms with Crippen molar-refractivity contribution < 1.29 is 50.4 Å². The number of phosphoric ester groups is 1. The molecule has 0 amide bonds. The normalized spacial score (nSPS) is 12.6. The average Bonchev–Trinajstić information content (AvgIpc) is 2.32. The van der Waals surface area contributed by atoms with Gasteiger partial charge in [-0.05, 0) is 52.7 Å². The quantitative estimate of drug-likeness (QED) is 0.488. The second-order valence-corrected chi connectivity index (χ2v) is 8.63. The van der Waals surface area contributed by atoms with Crippen molar-refractivity contribution in [1.29, 1.82) is 0 Å². The number of carbonyl (C=O) groups excluding carboxylic acids is 1. The van der Waals surface area contributed by atoms with Crippen LogP contribution in [0.1, 0.15) is 57.5 Å². The van der Waals surface area contributed by atoms with Gasteiger partial charge in [-0.3, -0.25) is 13.6 Å². The maximum absolute atomic E-state index is 12.8. The van der Waals surface area contributed by atoms with Crippen LogP contribution in [0.5, 0.6) is 0 Å². The smallest absolute Gasteiger partial charge is 0.545 e. The van der Waals surface area contributed by atoms with Crippen LogP contribution in [0, 0.1) is 0 Å². The molecule has 1 rings (SSSR count). The molecule has 140 valence electrons. The molecule has 8 heteroatoms. The van der Waals surface area contributed by atoms with E-state index in [4.69, 9.17) is 13.6 Å². The van der Waals surface area contributed by atoms with E-state index in [-0.39, 0.29) is 34.6 Å². The van der Waals surface area contributed by atoms with Crippen LogP contribution in [0.25, 0.3) is 0 Å². The van der Waals surface area contributed by atoms with E-state index in [0.717, 1.165) is 0 Å². The van der Waals surface area contributed by atoms with E-state index in [1.807, 2.05) is 0 Å². The number of carboxylic acids is 1. The number of carbonyl (C=O) groups is 1. The van der Waals surface area contributed by atoms with Gasteiger partial charge in [-0.1, -0.05) is 24.3 Å². The molecule has 0 spiro atoms.